The van der Waals surface area contributed by atoms with E-state index in [0.29, 0.717) is 5.56 Å². The van der Waals surface area contributed by atoms with Crippen LogP contribution in [-0.4, -0.2) is 16.8 Å². The van der Waals surface area contributed by atoms with Gasteiger partial charge in [-0.1, -0.05) is 6.07 Å². The predicted molar refractivity (Wildman–Crippen MR) is 49.7 cm³/mol. The Labute approximate surface area is 81.2 Å². The largest absolute Gasteiger partial charge is 0.504 e. The van der Waals surface area contributed by atoms with Crippen molar-refractivity contribution in [3.8, 4) is 11.5 Å². The lowest BCUT2D eigenvalue weighted by molar-refractivity contribution is 0.373. The van der Waals surface area contributed by atoms with Crippen molar-refractivity contribution < 1.29 is 14.6 Å². The lowest BCUT2D eigenvalue weighted by Crippen LogP contribution is -2.14. The first kappa shape index (κ1) is 9.27. The fourth-order valence-electron chi connectivity index (χ4n) is 1.79. The van der Waals surface area contributed by atoms with E-state index in [1.807, 2.05) is 0 Å². The quantitative estimate of drug-likeness (QED) is 0.600. The number of benzene rings is 1. The monoisotopic (exact) mass is 197 g/mol. The molecule has 1 saturated heterocycles. The maximum Gasteiger partial charge on any atom is 0.194 e. The van der Waals surface area contributed by atoms with Crippen molar-refractivity contribution >= 4 is 0 Å². The normalized spacial score (nSPS) is 21.4. The van der Waals surface area contributed by atoms with Crippen LogP contribution in [0, 0.1) is 5.82 Å². The molecule has 1 aromatic rings. The van der Waals surface area contributed by atoms with E-state index in [0.717, 1.165) is 19.4 Å². The Morgan fingerprint density at radius 1 is 1.36 bits per heavy atom. The summed E-state index contributed by atoms with van der Waals surface area (Å²) >= 11 is 0. The second-order valence-corrected chi connectivity index (χ2v) is 3.49. The van der Waals surface area contributed by atoms with E-state index in [4.69, 9.17) is 5.11 Å². The summed E-state index contributed by atoms with van der Waals surface area (Å²) in [6.45, 7) is 0.867. The Balaban J connectivity index is 2.38. The molecule has 0 saturated carbocycles. The highest BCUT2D eigenvalue weighted by Crippen LogP contribution is 2.34. The van der Waals surface area contributed by atoms with Crippen molar-refractivity contribution in [3.63, 3.8) is 0 Å². The topological polar surface area (TPSA) is 52.5 Å². The molecule has 14 heavy (non-hydrogen) atoms. The van der Waals surface area contributed by atoms with Gasteiger partial charge < -0.3 is 15.5 Å². The predicted octanol–water partition coefficient (Wildman–Crippen LogP) is 1.66. The molecule has 1 aromatic carbocycles. The van der Waals surface area contributed by atoms with Gasteiger partial charge >= 0.3 is 0 Å². The van der Waals surface area contributed by atoms with Crippen LogP contribution < -0.4 is 5.32 Å². The van der Waals surface area contributed by atoms with Crippen LogP contribution in [0.2, 0.25) is 0 Å². The number of phenols is 2. The SMILES string of the molecule is Oc1ccc(C2CCCN2)c(F)c1O. The molecule has 0 aliphatic carbocycles. The molecule has 1 aliphatic heterocycles. The van der Waals surface area contributed by atoms with Gasteiger partial charge in [-0.05, 0) is 25.5 Å². The molecule has 1 fully saturated rings. The van der Waals surface area contributed by atoms with E-state index in [1.165, 1.54) is 12.1 Å². The number of halogens is 1. The van der Waals surface area contributed by atoms with Gasteiger partial charge in [0, 0.05) is 11.6 Å². The summed E-state index contributed by atoms with van der Waals surface area (Å²) < 4.78 is 13.5. The third-order valence-electron chi connectivity index (χ3n) is 2.56. The molecule has 76 valence electrons. The summed E-state index contributed by atoms with van der Waals surface area (Å²) in [6.07, 6.45) is 1.87. The zero-order valence-electron chi connectivity index (χ0n) is 7.63. The summed E-state index contributed by atoms with van der Waals surface area (Å²) in [5, 5.41) is 21.4. The van der Waals surface area contributed by atoms with E-state index in [-0.39, 0.29) is 6.04 Å². The van der Waals surface area contributed by atoms with Gasteiger partial charge in [-0.15, -0.1) is 0 Å². The van der Waals surface area contributed by atoms with Gasteiger partial charge in [0.05, 0.1) is 0 Å². The van der Waals surface area contributed by atoms with Crippen LogP contribution in [0.1, 0.15) is 24.4 Å². The minimum atomic E-state index is -0.718. The lowest BCUT2D eigenvalue weighted by atomic mass is 10.0. The van der Waals surface area contributed by atoms with Crippen molar-refractivity contribution in [1.29, 1.82) is 0 Å². The highest BCUT2D eigenvalue weighted by atomic mass is 19.1. The highest BCUT2D eigenvalue weighted by molar-refractivity contribution is 5.43. The van der Waals surface area contributed by atoms with Crippen LogP contribution in [0.4, 0.5) is 4.39 Å². The molecule has 0 bridgehead atoms. The molecule has 1 atom stereocenters. The molecular formula is C10H12FNO2. The lowest BCUT2D eigenvalue weighted by Gasteiger charge is -2.12. The van der Waals surface area contributed by atoms with Crippen molar-refractivity contribution in [2.75, 3.05) is 6.54 Å². The summed E-state index contributed by atoms with van der Waals surface area (Å²) in [4.78, 5) is 0. The Kier molecular flexibility index (Phi) is 2.29. The van der Waals surface area contributed by atoms with E-state index in [9.17, 15) is 9.50 Å². The fourth-order valence-corrected chi connectivity index (χ4v) is 1.79. The molecular weight excluding hydrogens is 185 g/mol. The smallest absolute Gasteiger partial charge is 0.194 e. The molecule has 0 aromatic heterocycles. The maximum absolute atomic E-state index is 13.5. The molecule has 1 unspecified atom stereocenters. The van der Waals surface area contributed by atoms with Crippen LogP contribution in [0.3, 0.4) is 0 Å². The molecule has 1 heterocycles. The van der Waals surface area contributed by atoms with Crippen LogP contribution in [0.15, 0.2) is 12.1 Å². The fraction of sp³-hybridized carbons (Fsp3) is 0.400. The summed E-state index contributed by atoms with van der Waals surface area (Å²) in [5.74, 6) is -1.79. The van der Waals surface area contributed by atoms with Crippen molar-refractivity contribution in [2.24, 2.45) is 0 Å². The van der Waals surface area contributed by atoms with E-state index < -0.39 is 17.3 Å². The van der Waals surface area contributed by atoms with Gasteiger partial charge in [-0.25, -0.2) is 4.39 Å². The number of nitrogens with one attached hydrogen (secondary N) is 1. The molecule has 0 radical (unpaired) electrons. The second kappa shape index (κ2) is 3.46. The first-order valence-corrected chi connectivity index (χ1v) is 4.64. The summed E-state index contributed by atoms with van der Waals surface area (Å²) in [7, 11) is 0. The third kappa shape index (κ3) is 1.42. The maximum atomic E-state index is 13.5. The van der Waals surface area contributed by atoms with Gasteiger partial charge in [-0.2, -0.15) is 0 Å². The van der Waals surface area contributed by atoms with Crippen LogP contribution in [-0.2, 0) is 0 Å². The van der Waals surface area contributed by atoms with Crippen molar-refractivity contribution in [3.05, 3.63) is 23.5 Å². The van der Waals surface area contributed by atoms with Crippen LogP contribution in [0.5, 0.6) is 11.5 Å². The summed E-state index contributed by atoms with van der Waals surface area (Å²) in [5.41, 5.74) is 0.429. The van der Waals surface area contributed by atoms with Crippen LogP contribution in [0.25, 0.3) is 0 Å². The van der Waals surface area contributed by atoms with Gasteiger partial charge in [0.15, 0.2) is 17.3 Å². The Bertz CT molecular complexity index is 348. The zero-order chi connectivity index (χ0) is 10.1. The zero-order valence-corrected chi connectivity index (χ0v) is 7.63. The average Bonchev–Trinajstić information content (AvgIpc) is 2.67. The van der Waals surface area contributed by atoms with E-state index in [1.54, 1.807) is 0 Å². The second-order valence-electron chi connectivity index (χ2n) is 3.49. The van der Waals surface area contributed by atoms with E-state index >= 15 is 0 Å². The van der Waals surface area contributed by atoms with Crippen molar-refractivity contribution in [2.45, 2.75) is 18.9 Å². The number of rotatable bonds is 1. The Morgan fingerprint density at radius 3 is 2.79 bits per heavy atom. The molecule has 3 nitrogen and oxygen atoms in total. The Hall–Kier alpha value is -1.29. The number of hydrogen-bond acceptors (Lipinski definition) is 3. The minimum Gasteiger partial charge on any atom is -0.504 e. The number of aromatic hydroxyl groups is 2. The molecule has 3 N–H and O–H groups in total. The first-order chi connectivity index (χ1) is 6.70. The Morgan fingerprint density at radius 2 is 2.14 bits per heavy atom. The van der Waals surface area contributed by atoms with Gasteiger partial charge in [0.2, 0.25) is 0 Å². The van der Waals surface area contributed by atoms with E-state index in [2.05, 4.69) is 5.32 Å². The number of hydrogen-bond donors (Lipinski definition) is 3. The summed E-state index contributed by atoms with van der Waals surface area (Å²) in [6, 6.07) is 2.78. The molecule has 0 spiro atoms. The standard InChI is InChI=1S/C10H12FNO2/c11-9-6(7-2-1-5-12-7)3-4-8(13)10(9)14/h3-4,7,12-14H,1-2,5H2. The number of phenolic OH excluding ortho intramolecular Hbond substituents is 2. The molecule has 0 amide bonds. The van der Waals surface area contributed by atoms with Gasteiger partial charge in [0.25, 0.3) is 0 Å². The first-order valence-electron chi connectivity index (χ1n) is 4.64. The third-order valence-corrected chi connectivity index (χ3v) is 2.56. The molecule has 4 heteroatoms. The average molecular weight is 197 g/mol. The molecule has 2 rings (SSSR count). The van der Waals surface area contributed by atoms with Gasteiger partial charge in [0.1, 0.15) is 0 Å². The van der Waals surface area contributed by atoms with Crippen LogP contribution >= 0.6 is 0 Å². The van der Waals surface area contributed by atoms with Gasteiger partial charge in [-0.3, -0.25) is 0 Å². The molecule has 1 aliphatic rings. The highest BCUT2D eigenvalue weighted by Gasteiger charge is 2.22. The van der Waals surface area contributed by atoms with Crippen molar-refractivity contribution in [1.82, 2.24) is 5.32 Å². The minimum absolute atomic E-state index is 0.0403.